The third-order valence-corrected chi connectivity index (χ3v) is 3.48. The normalized spacial score (nSPS) is 10.4. The lowest BCUT2D eigenvalue weighted by molar-refractivity contribution is 0.281. The Kier molecular flexibility index (Phi) is 5.12. The van der Waals surface area contributed by atoms with Gasteiger partial charge in [-0.2, -0.15) is 0 Å². The fourth-order valence-corrected chi connectivity index (χ4v) is 2.22. The van der Waals surface area contributed by atoms with Crippen LogP contribution < -0.4 is 15.2 Å². The van der Waals surface area contributed by atoms with Crippen molar-refractivity contribution in [3.63, 3.8) is 0 Å². The van der Waals surface area contributed by atoms with Crippen molar-refractivity contribution in [3.8, 4) is 11.5 Å². The van der Waals surface area contributed by atoms with E-state index in [9.17, 15) is 0 Å². The number of nitrogens with two attached hydrogens (primary N) is 1. The van der Waals surface area contributed by atoms with Gasteiger partial charge in [-0.1, -0.05) is 35.3 Å². The highest BCUT2D eigenvalue weighted by molar-refractivity contribution is 6.33. The van der Waals surface area contributed by atoms with E-state index in [-0.39, 0.29) is 0 Å². The minimum Gasteiger partial charge on any atom is -0.493 e. The first-order valence-electron chi connectivity index (χ1n) is 6.08. The maximum atomic E-state index is 6.12. The van der Waals surface area contributed by atoms with Crippen molar-refractivity contribution in [2.75, 3.05) is 7.11 Å². The van der Waals surface area contributed by atoms with Gasteiger partial charge in [0.15, 0.2) is 11.5 Å². The van der Waals surface area contributed by atoms with Crippen LogP contribution >= 0.6 is 23.2 Å². The van der Waals surface area contributed by atoms with Crippen molar-refractivity contribution in [2.45, 2.75) is 13.2 Å². The van der Waals surface area contributed by atoms with Gasteiger partial charge in [0.25, 0.3) is 0 Å². The van der Waals surface area contributed by atoms with Crippen LogP contribution in [0, 0.1) is 0 Å². The molecule has 0 aliphatic heterocycles. The molecule has 0 aliphatic rings. The topological polar surface area (TPSA) is 44.5 Å². The summed E-state index contributed by atoms with van der Waals surface area (Å²) in [6.07, 6.45) is 0. The largest absolute Gasteiger partial charge is 0.493 e. The number of halogens is 2. The molecule has 0 bridgehead atoms. The van der Waals surface area contributed by atoms with E-state index < -0.39 is 0 Å². The van der Waals surface area contributed by atoms with Crippen molar-refractivity contribution < 1.29 is 9.47 Å². The van der Waals surface area contributed by atoms with Crippen molar-refractivity contribution in [1.82, 2.24) is 0 Å². The summed E-state index contributed by atoms with van der Waals surface area (Å²) in [6.45, 7) is 0.669. The Balaban J connectivity index is 2.24. The van der Waals surface area contributed by atoms with Gasteiger partial charge in [-0.25, -0.2) is 0 Å². The fourth-order valence-electron chi connectivity index (χ4n) is 1.85. The van der Waals surface area contributed by atoms with Crippen molar-refractivity contribution >= 4 is 23.2 Å². The van der Waals surface area contributed by atoms with Gasteiger partial charge in [0.1, 0.15) is 6.61 Å². The van der Waals surface area contributed by atoms with Gasteiger partial charge in [0.2, 0.25) is 0 Å². The third-order valence-electron chi connectivity index (χ3n) is 2.88. The molecular weight excluding hydrogens is 297 g/mol. The van der Waals surface area contributed by atoms with Gasteiger partial charge >= 0.3 is 0 Å². The molecule has 0 heterocycles. The zero-order valence-corrected chi connectivity index (χ0v) is 12.5. The molecule has 2 aromatic carbocycles. The number of rotatable bonds is 5. The third kappa shape index (κ3) is 3.37. The molecule has 106 valence electrons. The minimum atomic E-state index is 0.298. The molecule has 0 aliphatic carbocycles. The molecule has 0 radical (unpaired) electrons. The SMILES string of the molecule is COc1cccc(CN)c1OCc1cc(Cl)ccc1Cl. The second-order valence-corrected chi connectivity index (χ2v) is 5.02. The van der Waals surface area contributed by atoms with Gasteiger partial charge in [-0.05, 0) is 24.3 Å². The second-order valence-electron chi connectivity index (χ2n) is 4.18. The van der Waals surface area contributed by atoms with Crippen LogP contribution in [0.3, 0.4) is 0 Å². The van der Waals surface area contributed by atoms with Crippen LogP contribution in [0.5, 0.6) is 11.5 Å². The summed E-state index contributed by atoms with van der Waals surface area (Å²) >= 11 is 12.1. The van der Waals surface area contributed by atoms with Crippen LogP contribution in [0.2, 0.25) is 10.0 Å². The lowest BCUT2D eigenvalue weighted by atomic mass is 10.2. The molecule has 0 amide bonds. The summed E-state index contributed by atoms with van der Waals surface area (Å²) in [4.78, 5) is 0. The molecule has 0 atom stereocenters. The molecule has 3 nitrogen and oxygen atoms in total. The zero-order valence-electron chi connectivity index (χ0n) is 11.0. The van der Waals surface area contributed by atoms with Gasteiger partial charge in [-0.15, -0.1) is 0 Å². The monoisotopic (exact) mass is 311 g/mol. The molecule has 0 unspecified atom stereocenters. The molecule has 0 fully saturated rings. The lowest BCUT2D eigenvalue weighted by Crippen LogP contribution is -2.04. The predicted molar refractivity (Wildman–Crippen MR) is 81.7 cm³/mol. The highest BCUT2D eigenvalue weighted by Crippen LogP contribution is 2.32. The van der Waals surface area contributed by atoms with E-state index in [1.54, 1.807) is 25.3 Å². The molecule has 0 saturated carbocycles. The summed E-state index contributed by atoms with van der Waals surface area (Å²) in [7, 11) is 1.59. The first-order chi connectivity index (χ1) is 9.65. The number of benzene rings is 2. The molecule has 0 saturated heterocycles. The summed E-state index contributed by atoms with van der Waals surface area (Å²) in [5.41, 5.74) is 7.40. The summed E-state index contributed by atoms with van der Waals surface area (Å²) in [6, 6.07) is 10.9. The van der Waals surface area contributed by atoms with Crippen LogP contribution in [0.15, 0.2) is 36.4 Å². The van der Waals surface area contributed by atoms with E-state index in [2.05, 4.69) is 0 Å². The van der Waals surface area contributed by atoms with Crippen LogP contribution in [-0.2, 0) is 13.2 Å². The maximum absolute atomic E-state index is 6.12. The average molecular weight is 312 g/mol. The number of para-hydroxylation sites is 1. The Hall–Kier alpha value is -1.42. The van der Waals surface area contributed by atoms with Crippen molar-refractivity contribution in [1.29, 1.82) is 0 Å². The van der Waals surface area contributed by atoms with E-state index in [1.807, 2.05) is 18.2 Å². The van der Waals surface area contributed by atoms with Gasteiger partial charge < -0.3 is 15.2 Å². The Bertz CT molecular complexity index is 580. The van der Waals surface area contributed by atoms with Gasteiger partial charge in [-0.3, -0.25) is 0 Å². The Morgan fingerprint density at radius 2 is 1.90 bits per heavy atom. The Labute approximate surface area is 128 Å². The predicted octanol–water partition coefficient (Wildman–Crippen LogP) is 4.04. The van der Waals surface area contributed by atoms with E-state index in [4.69, 9.17) is 38.4 Å². The standard InChI is InChI=1S/C15H15Cl2NO2/c1-19-14-4-2-3-10(8-18)15(14)20-9-11-7-12(16)5-6-13(11)17/h2-7H,8-9,18H2,1H3. The number of hydrogen-bond acceptors (Lipinski definition) is 3. The van der Waals surface area contributed by atoms with E-state index in [0.717, 1.165) is 11.1 Å². The summed E-state index contributed by atoms with van der Waals surface area (Å²) in [5.74, 6) is 1.28. The molecule has 2 N–H and O–H groups in total. The molecule has 2 aromatic rings. The Morgan fingerprint density at radius 1 is 1.10 bits per heavy atom. The summed E-state index contributed by atoms with van der Waals surface area (Å²) in [5, 5.41) is 1.23. The maximum Gasteiger partial charge on any atom is 0.166 e. The lowest BCUT2D eigenvalue weighted by Gasteiger charge is -2.15. The molecule has 0 spiro atoms. The zero-order chi connectivity index (χ0) is 14.5. The Morgan fingerprint density at radius 3 is 2.60 bits per heavy atom. The van der Waals surface area contributed by atoms with E-state index >= 15 is 0 Å². The van der Waals surface area contributed by atoms with Crippen LogP contribution in [0.1, 0.15) is 11.1 Å². The first-order valence-corrected chi connectivity index (χ1v) is 6.84. The molecule has 5 heteroatoms. The van der Waals surface area contributed by atoms with Crippen LogP contribution in [-0.4, -0.2) is 7.11 Å². The minimum absolute atomic E-state index is 0.298. The highest BCUT2D eigenvalue weighted by Gasteiger charge is 2.11. The number of ether oxygens (including phenoxy) is 2. The highest BCUT2D eigenvalue weighted by atomic mass is 35.5. The molecular formula is C15H15Cl2NO2. The molecule has 20 heavy (non-hydrogen) atoms. The summed E-state index contributed by atoms with van der Waals surface area (Å²) < 4.78 is 11.1. The molecule has 0 aromatic heterocycles. The van der Waals surface area contributed by atoms with Crippen LogP contribution in [0.4, 0.5) is 0 Å². The second kappa shape index (κ2) is 6.84. The quantitative estimate of drug-likeness (QED) is 0.906. The number of hydrogen-bond donors (Lipinski definition) is 1. The smallest absolute Gasteiger partial charge is 0.166 e. The van der Waals surface area contributed by atoms with Crippen molar-refractivity contribution in [3.05, 3.63) is 57.6 Å². The number of methoxy groups -OCH3 is 1. The van der Waals surface area contributed by atoms with E-state index in [0.29, 0.717) is 34.7 Å². The first kappa shape index (κ1) is 15.0. The average Bonchev–Trinajstić information content (AvgIpc) is 2.47. The van der Waals surface area contributed by atoms with Gasteiger partial charge in [0.05, 0.1) is 7.11 Å². The van der Waals surface area contributed by atoms with Crippen LogP contribution in [0.25, 0.3) is 0 Å². The van der Waals surface area contributed by atoms with Gasteiger partial charge in [0, 0.05) is 27.7 Å². The van der Waals surface area contributed by atoms with E-state index in [1.165, 1.54) is 0 Å². The van der Waals surface area contributed by atoms with Crippen molar-refractivity contribution in [2.24, 2.45) is 5.73 Å². The fraction of sp³-hybridized carbons (Fsp3) is 0.200. The molecule has 2 rings (SSSR count).